The molecule has 0 unspecified atom stereocenters. The van der Waals surface area contributed by atoms with Gasteiger partial charge in [-0.25, -0.2) is 4.39 Å². The molecule has 92 valence electrons. The Labute approximate surface area is 104 Å². The Bertz CT molecular complexity index is 584. The molecule has 0 aliphatic rings. The second-order valence-corrected chi connectivity index (χ2v) is 3.83. The molecule has 2 aromatic carbocycles. The first-order valence-electron chi connectivity index (χ1n) is 5.42. The lowest BCUT2D eigenvalue weighted by Gasteiger charge is -2.18. The van der Waals surface area contributed by atoms with Crippen molar-refractivity contribution in [1.82, 2.24) is 0 Å². The summed E-state index contributed by atoms with van der Waals surface area (Å²) < 4.78 is 13.6. The second-order valence-electron chi connectivity index (χ2n) is 3.83. The number of amides is 1. The van der Waals surface area contributed by atoms with Gasteiger partial charge in [-0.15, -0.1) is 0 Å². The number of hydrogen-bond acceptors (Lipinski definition) is 2. The van der Waals surface area contributed by atoms with Crippen molar-refractivity contribution >= 4 is 11.6 Å². The number of carbonyl (C=O) groups is 1. The normalized spacial score (nSPS) is 10.1. The lowest BCUT2D eigenvalue weighted by Crippen LogP contribution is -2.27. The Balaban J connectivity index is 2.36. The van der Waals surface area contributed by atoms with Gasteiger partial charge in [-0.05, 0) is 24.3 Å². The number of phenols is 1. The molecular weight excluding hydrogens is 233 g/mol. The molecular formula is C14H12FNO2. The molecule has 0 spiro atoms. The molecule has 1 N–H and O–H groups in total. The molecule has 0 aromatic heterocycles. The molecule has 4 heteroatoms. The highest BCUT2D eigenvalue weighted by atomic mass is 19.1. The summed E-state index contributed by atoms with van der Waals surface area (Å²) in [5, 5.41) is 9.60. The van der Waals surface area contributed by atoms with Gasteiger partial charge in [-0.2, -0.15) is 0 Å². The van der Waals surface area contributed by atoms with Crippen molar-refractivity contribution in [2.45, 2.75) is 0 Å². The van der Waals surface area contributed by atoms with Gasteiger partial charge >= 0.3 is 0 Å². The Morgan fingerprint density at radius 1 is 1.11 bits per heavy atom. The van der Waals surface area contributed by atoms with Crippen molar-refractivity contribution < 1.29 is 14.3 Å². The summed E-state index contributed by atoms with van der Waals surface area (Å²) in [6, 6.07) is 12.2. The standard InChI is InChI=1S/C14H12FNO2/c1-16(12-8-4-3-7-11(12)15)14(18)10-6-2-5-9-13(10)17/h2-9,17H,1H3. The van der Waals surface area contributed by atoms with Crippen LogP contribution < -0.4 is 4.90 Å². The van der Waals surface area contributed by atoms with E-state index in [0.29, 0.717) is 0 Å². The number of para-hydroxylation sites is 2. The number of nitrogens with zero attached hydrogens (tertiary/aromatic N) is 1. The molecule has 0 aliphatic carbocycles. The van der Waals surface area contributed by atoms with Gasteiger partial charge in [0.1, 0.15) is 11.6 Å². The van der Waals surface area contributed by atoms with Crippen LogP contribution in [0.25, 0.3) is 0 Å². The van der Waals surface area contributed by atoms with Gasteiger partial charge in [0.05, 0.1) is 11.3 Å². The first-order chi connectivity index (χ1) is 8.61. The molecule has 2 rings (SSSR count). The molecule has 0 radical (unpaired) electrons. The van der Waals surface area contributed by atoms with Gasteiger partial charge in [-0.3, -0.25) is 4.79 Å². The fourth-order valence-electron chi connectivity index (χ4n) is 1.67. The van der Waals surface area contributed by atoms with Gasteiger partial charge in [0.2, 0.25) is 0 Å². The topological polar surface area (TPSA) is 40.5 Å². The van der Waals surface area contributed by atoms with Gasteiger partial charge in [0.25, 0.3) is 5.91 Å². The molecule has 18 heavy (non-hydrogen) atoms. The van der Waals surface area contributed by atoms with Gasteiger partial charge in [0.15, 0.2) is 0 Å². The SMILES string of the molecule is CN(C(=O)c1ccccc1O)c1ccccc1F. The maximum absolute atomic E-state index is 13.6. The molecule has 0 heterocycles. The minimum Gasteiger partial charge on any atom is -0.507 e. The fourth-order valence-corrected chi connectivity index (χ4v) is 1.67. The van der Waals surface area contributed by atoms with Crippen molar-refractivity contribution in [3.63, 3.8) is 0 Å². The molecule has 3 nitrogen and oxygen atoms in total. The predicted octanol–water partition coefficient (Wildman–Crippen LogP) is 2.81. The smallest absolute Gasteiger partial charge is 0.261 e. The maximum atomic E-state index is 13.6. The highest BCUT2D eigenvalue weighted by Crippen LogP contribution is 2.23. The third kappa shape index (κ3) is 2.18. The summed E-state index contributed by atoms with van der Waals surface area (Å²) in [4.78, 5) is 13.3. The lowest BCUT2D eigenvalue weighted by molar-refractivity contribution is 0.0989. The van der Waals surface area contributed by atoms with Crippen LogP contribution in [0.1, 0.15) is 10.4 Å². The van der Waals surface area contributed by atoms with Crippen LogP contribution in [0, 0.1) is 5.82 Å². The van der Waals surface area contributed by atoms with Crippen LogP contribution in [0.5, 0.6) is 5.75 Å². The number of phenolic OH excluding ortho intramolecular Hbond substituents is 1. The van der Waals surface area contributed by atoms with E-state index in [-0.39, 0.29) is 17.0 Å². The number of carbonyl (C=O) groups excluding carboxylic acids is 1. The summed E-state index contributed by atoms with van der Waals surface area (Å²) in [5.74, 6) is -1.06. The van der Waals surface area contributed by atoms with Crippen LogP contribution in [-0.4, -0.2) is 18.1 Å². The highest BCUT2D eigenvalue weighted by Gasteiger charge is 2.18. The molecule has 0 bridgehead atoms. The van der Waals surface area contributed by atoms with E-state index in [9.17, 15) is 14.3 Å². The van der Waals surface area contributed by atoms with Crippen LogP contribution in [0.15, 0.2) is 48.5 Å². The Morgan fingerprint density at radius 3 is 2.39 bits per heavy atom. The molecule has 0 saturated heterocycles. The van der Waals surface area contributed by atoms with Crippen molar-refractivity contribution in [2.75, 3.05) is 11.9 Å². The minimum atomic E-state index is -0.483. The Kier molecular flexibility index (Phi) is 3.28. The largest absolute Gasteiger partial charge is 0.507 e. The van der Waals surface area contributed by atoms with Crippen molar-refractivity contribution in [2.24, 2.45) is 0 Å². The quantitative estimate of drug-likeness (QED) is 0.883. The van der Waals surface area contributed by atoms with E-state index in [0.717, 1.165) is 0 Å². The van der Waals surface area contributed by atoms with Gasteiger partial charge in [0, 0.05) is 7.05 Å². The summed E-state index contributed by atoms with van der Waals surface area (Å²) in [7, 11) is 1.47. The van der Waals surface area contributed by atoms with E-state index in [1.165, 1.54) is 36.2 Å². The van der Waals surface area contributed by atoms with Crippen molar-refractivity contribution in [3.8, 4) is 5.75 Å². The van der Waals surface area contributed by atoms with Crippen LogP contribution in [-0.2, 0) is 0 Å². The first-order valence-corrected chi connectivity index (χ1v) is 5.42. The van der Waals surface area contributed by atoms with Crippen molar-refractivity contribution in [1.29, 1.82) is 0 Å². The third-order valence-corrected chi connectivity index (χ3v) is 2.65. The maximum Gasteiger partial charge on any atom is 0.261 e. The van der Waals surface area contributed by atoms with E-state index in [1.807, 2.05) is 0 Å². The second kappa shape index (κ2) is 4.87. The van der Waals surface area contributed by atoms with E-state index in [4.69, 9.17) is 0 Å². The summed E-state index contributed by atoms with van der Waals surface area (Å²) in [6.07, 6.45) is 0. The van der Waals surface area contributed by atoms with Gasteiger partial charge in [-0.1, -0.05) is 24.3 Å². The summed E-state index contributed by atoms with van der Waals surface area (Å²) in [6.45, 7) is 0. The number of rotatable bonds is 2. The zero-order valence-electron chi connectivity index (χ0n) is 9.80. The summed E-state index contributed by atoms with van der Waals surface area (Å²) >= 11 is 0. The zero-order chi connectivity index (χ0) is 13.1. The van der Waals surface area contributed by atoms with E-state index >= 15 is 0 Å². The average Bonchev–Trinajstić information content (AvgIpc) is 2.38. The number of halogens is 1. The average molecular weight is 245 g/mol. The number of anilines is 1. The van der Waals surface area contributed by atoms with Crippen LogP contribution in [0.3, 0.4) is 0 Å². The monoisotopic (exact) mass is 245 g/mol. The Morgan fingerprint density at radius 2 is 1.72 bits per heavy atom. The first kappa shape index (κ1) is 12.1. The lowest BCUT2D eigenvalue weighted by atomic mass is 10.1. The van der Waals surface area contributed by atoms with Gasteiger partial charge < -0.3 is 10.0 Å². The molecule has 2 aromatic rings. The van der Waals surface area contributed by atoms with Crippen molar-refractivity contribution in [3.05, 3.63) is 59.9 Å². The zero-order valence-corrected chi connectivity index (χ0v) is 9.80. The molecule has 0 aliphatic heterocycles. The van der Waals surface area contributed by atoms with E-state index in [1.54, 1.807) is 24.3 Å². The van der Waals surface area contributed by atoms with Crippen LogP contribution >= 0.6 is 0 Å². The molecule has 0 saturated carbocycles. The Hall–Kier alpha value is -2.36. The molecule has 0 atom stereocenters. The van der Waals surface area contributed by atoms with E-state index < -0.39 is 11.7 Å². The summed E-state index contributed by atoms with van der Waals surface area (Å²) in [5.41, 5.74) is 0.314. The number of aromatic hydroxyl groups is 1. The van der Waals surface area contributed by atoms with Crippen LogP contribution in [0.4, 0.5) is 10.1 Å². The minimum absolute atomic E-state index is 0.120. The van der Waals surface area contributed by atoms with Crippen LogP contribution in [0.2, 0.25) is 0 Å². The highest BCUT2D eigenvalue weighted by molar-refractivity contribution is 6.07. The number of benzene rings is 2. The molecule has 0 fully saturated rings. The fraction of sp³-hybridized carbons (Fsp3) is 0.0714. The molecule has 1 amide bonds. The third-order valence-electron chi connectivity index (χ3n) is 2.65. The number of hydrogen-bond donors (Lipinski definition) is 1. The predicted molar refractivity (Wildman–Crippen MR) is 67.2 cm³/mol. The van der Waals surface area contributed by atoms with E-state index in [2.05, 4.69) is 0 Å².